The molecule has 0 N–H and O–H groups in total. The van der Waals surface area contributed by atoms with E-state index in [1.165, 1.54) is 6.20 Å². The van der Waals surface area contributed by atoms with Gasteiger partial charge in [0.2, 0.25) is 5.43 Å². The van der Waals surface area contributed by atoms with Crippen molar-refractivity contribution in [1.29, 1.82) is 0 Å². The molecule has 0 unspecified atom stereocenters. The summed E-state index contributed by atoms with van der Waals surface area (Å²) in [5.74, 6) is -0.531. The molecule has 0 saturated heterocycles. The normalized spacial score (nSPS) is 13.1. The van der Waals surface area contributed by atoms with E-state index in [0.29, 0.717) is 28.2 Å². The van der Waals surface area contributed by atoms with Gasteiger partial charge in [0, 0.05) is 23.5 Å². The highest BCUT2D eigenvalue weighted by Gasteiger charge is 2.20. The van der Waals surface area contributed by atoms with Gasteiger partial charge in [0.1, 0.15) is 5.52 Å². The lowest BCUT2D eigenvalue weighted by Gasteiger charge is -2.15. The number of aromatic nitrogens is 3. The zero-order chi connectivity index (χ0) is 16.0. The smallest absolute Gasteiger partial charge is 0.359 e. The molecule has 4 heterocycles. The van der Waals surface area contributed by atoms with Crippen LogP contribution in [0.2, 0.25) is 0 Å². The first-order chi connectivity index (χ1) is 11.2. The summed E-state index contributed by atoms with van der Waals surface area (Å²) in [4.78, 5) is 33.4. The Morgan fingerprint density at radius 3 is 3.09 bits per heavy atom. The third-order valence-corrected chi connectivity index (χ3v) is 3.95. The van der Waals surface area contributed by atoms with Crippen LogP contribution in [0.15, 0.2) is 35.4 Å². The summed E-state index contributed by atoms with van der Waals surface area (Å²) in [6.07, 6.45) is 8.76. The van der Waals surface area contributed by atoms with Crippen molar-refractivity contribution in [2.45, 2.75) is 13.5 Å². The summed E-state index contributed by atoms with van der Waals surface area (Å²) >= 11 is 0. The number of carbonyl (C=O) groups excluding carboxylic acids is 1. The van der Waals surface area contributed by atoms with Crippen LogP contribution in [0.5, 0.6) is 0 Å². The largest absolute Gasteiger partial charge is 0.461 e. The van der Waals surface area contributed by atoms with Gasteiger partial charge in [-0.2, -0.15) is 0 Å². The standard InChI is InChI=1S/C17H13N3O3/c1-2-23-17(22)15-14-13-10(6-7-18-14)16(21)11-5-3-4-8-20(11)12(13)9-19-15/h3-7,9H,2,8H2,1H3. The van der Waals surface area contributed by atoms with Crippen molar-refractivity contribution in [2.24, 2.45) is 0 Å². The zero-order valence-electron chi connectivity index (χ0n) is 12.4. The van der Waals surface area contributed by atoms with E-state index in [2.05, 4.69) is 9.97 Å². The summed E-state index contributed by atoms with van der Waals surface area (Å²) in [6.45, 7) is 2.57. The molecule has 0 saturated carbocycles. The summed E-state index contributed by atoms with van der Waals surface area (Å²) in [7, 11) is 0. The third-order valence-electron chi connectivity index (χ3n) is 3.95. The van der Waals surface area contributed by atoms with Gasteiger partial charge in [-0.3, -0.25) is 9.78 Å². The molecule has 0 spiro atoms. The van der Waals surface area contributed by atoms with Crippen molar-refractivity contribution in [3.05, 3.63) is 51.9 Å². The summed E-state index contributed by atoms with van der Waals surface area (Å²) in [6, 6.07) is 1.68. The fraction of sp³-hybridized carbons (Fsp3) is 0.176. The molecule has 0 fully saturated rings. The Bertz CT molecular complexity index is 1100. The Hall–Kier alpha value is -3.02. The Morgan fingerprint density at radius 2 is 2.26 bits per heavy atom. The van der Waals surface area contributed by atoms with Crippen LogP contribution in [0.1, 0.15) is 17.4 Å². The van der Waals surface area contributed by atoms with Gasteiger partial charge in [-0.15, -0.1) is 0 Å². The predicted molar refractivity (Wildman–Crippen MR) is 86.1 cm³/mol. The molecule has 23 heavy (non-hydrogen) atoms. The second-order valence-electron chi connectivity index (χ2n) is 5.21. The van der Waals surface area contributed by atoms with Gasteiger partial charge < -0.3 is 9.30 Å². The number of hydrogen-bond donors (Lipinski definition) is 0. The monoisotopic (exact) mass is 307 g/mol. The highest BCUT2D eigenvalue weighted by Crippen LogP contribution is 2.24. The fourth-order valence-corrected chi connectivity index (χ4v) is 2.97. The number of carbonyl (C=O) groups is 1. The maximum absolute atomic E-state index is 12.7. The van der Waals surface area contributed by atoms with Crippen molar-refractivity contribution >= 4 is 33.9 Å². The van der Waals surface area contributed by atoms with E-state index in [9.17, 15) is 9.59 Å². The lowest BCUT2D eigenvalue weighted by atomic mass is 10.1. The van der Waals surface area contributed by atoms with Gasteiger partial charge >= 0.3 is 5.97 Å². The first kappa shape index (κ1) is 13.6. The predicted octanol–water partition coefficient (Wildman–Crippen LogP) is 1.19. The van der Waals surface area contributed by atoms with Crippen molar-refractivity contribution in [3.8, 4) is 0 Å². The van der Waals surface area contributed by atoms with Crippen molar-refractivity contribution < 1.29 is 9.53 Å². The van der Waals surface area contributed by atoms with Crippen LogP contribution in [0.25, 0.3) is 27.9 Å². The molecule has 1 aliphatic rings. The number of hydrogen-bond acceptors (Lipinski definition) is 5. The molecule has 3 aromatic rings. The van der Waals surface area contributed by atoms with Crippen LogP contribution in [-0.2, 0) is 11.3 Å². The molecule has 0 radical (unpaired) electrons. The molecule has 0 amide bonds. The average molecular weight is 307 g/mol. The zero-order valence-corrected chi connectivity index (χ0v) is 12.4. The first-order valence-corrected chi connectivity index (χ1v) is 7.36. The van der Waals surface area contributed by atoms with E-state index in [1.54, 1.807) is 25.3 Å². The lowest BCUT2D eigenvalue weighted by molar-refractivity contribution is 0.0522. The Labute approximate surface area is 130 Å². The van der Waals surface area contributed by atoms with E-state index in [4.69, 9.17) is 4.74 Å². The molecule has 3 aromatic heterocycles. The molecule has 4 rings (SSSR count). The maximum atomic E-state index is 12.7. The van der Waals surface area contributed by atoms with Crippen molar-refractivity contribution in [2.75, 3.05) is 6.61 Å². The highest BCUT2D eigenvalue weighted by atomic mass is 16.5. The highest BCUT2D eigenvalue weighted by molar-refractivity contribution is 6.12. The van der Waals surface area contributed by atoms with Gasteiger partial charge in [-0.05, 0) is 19.1 Å². The van der Waals surface area contributed by atoms with E-state index in [-0.39, 0.29) is 17.7 Å². The van der Waals surface area contributed by atoms with E-state index >= 15 is 0 Å². The van der Waals surface area contributed by atoms with Crippen LogP contribution in [0.3, 0.4) is 0 Å². The Kier molecular flexibility index (Phi) is 2.97. The number of rotatable bonds is 2. The molecular weight excluding hydrogens is 294 g/mol. The molecule has 6 heteroatoms. The van der Waals surface area contributed by atoms with Crippen molar-refractivity contribution in [3.63, 3.8) is 0 Å². The Morgan fingerprint density at radius 1 is 1.39 bits per heavy atom. The second kappa shape index (κ2) is 5.01. The number of pyridine rings is 3. The third kappa shape index (κ3) is 1.88. The minimum Gasteiger partial charge on any atom is -0.461 e. The van der Waals surface area contributed by atoms with Crippen LogP contribution in [0.4, 0.5) is 0 Å². The SMILES string of the molecule is CCOC(=O)c1ncc2c3c1nccc3c(=O)c1n2CC=CC=1. The van der Waals surface area contributed by atoms with Crippen LogP contribution in [0, 0.1) is 0 Å². The molecule has 0 atom stereocenters. The first-order valence-electron chi connectivity index (χ1n) is 7.36. The summed E-state index contributed by atoms with van der Waals surface area (Å²) in [5.41, 5.74) is 1.25. The van der Waals surface area contributed by atoms with Crippen molar-refractivity contribution in [1.82, 2.24) is 14.5 Å². The topological polar surface area (TPSA) is 74.1 Å². The molecule has 6 nitrogen and oxygen atoms in total. The maximum Gasteiger partial charge on any atom is 0.359 e. The van der Waals surface area contributed by atoms with Gasteiger partial charge in [-0.25, -0.2) is 9.78 Å². The molecule has 0 aromatic carbocycles. The summed E-state index contributed by atoms with van der Waals surface area (Å²) < 4.78 is 6.93. The quantitative estimate of drug-likeness (QED) is 0.665. The number of ether oxygens (including phenoxy) is 1. The minimum absolute atomic E-state index is 0.0738. The van der Waals surface area contributed by atoms with Crippen LogP contribution < -0.4 is 10.8 Å². The van der Waals surface area contributed by atoms with Gasteiger partial charge in [0.25, 0.3) is 0 Å². The van der Waals surface area contributed by atoms with E-state index in [1.807, 2.05) is 16.7 Å². The molecular formula is C17H13N3O3. The van der Waals surface area contributed by atoms with E-state index in [0.717, 1.165) is 5.52 Å². The van der Waals surface area contributed by atoms with Gasteiger partial charge in [-0.1, -0.05) is 12.2 Å². The average Bonchev–Trinajstić information content (AvgIpc) is 2.59. The molecule has 0 aliphatic carbocycles. The van der Waals surface area contributed by atoms with E-state index < -0.39 is 5.97 Å². The number of allylic oxidation sites excluding steroid dienone is 2. The molecule has 0 bridgehead atoms. The van der Waals surface area contributed by atoms with Gasteiger partial charge in [0.05, 0.1) is 23.7 Å². The molecule has 1 aliphatic heterocycles. The summed E-state index contributed by atoms with van der Waals surface area (Å²) in [5, 5.41) is 1.80. The number of nitrogens with zero attached hydrogens (tertiary/aromatic N) is 3. The van der Waals surface area contributed by atoms with Crippen LogP contribution in [-0.4, -0.2) is 27.1 Å². The van der Waals surface area contributed by atoms with Gasteiger partial charge in [0.15, 0.2) is 5.69 Å². The minimum atomic E-state index is -0.531. The number of fused-ring (bicyclic) bond motifs is 2. The Balaban J connectivity index is 2.19. The van der Waals surface area contributed by atoms with Crippen LogP contribution >= 0.6 is 0 Å². The number of esters is 1. The fourth-order valence-electron chi connectivity index (χ4n) is 2.97. The second-order valence-corrected chi connectivity index (χ2v) is 5.21. The molecule has 114 valence electrons. The lowest BCUT2D eigenvalue weighted by Crippen LogP contribution is -2.36.